The zero-order chi connectivity index (χ0) is 13.4. The fourth-order valence-electron chi connectivity index (χ4n) is 2.94. The van der Waals surface area contributed by atoms with Crippen molar-refractivity contribution in [2.45, 2.75) is 31.3 Å². The van der Waals surface area contributed by atoms with Crippen LogP contribution in [0.15, 0.2) is 24.3 Å². The Labute approximate surface area is 118 Å². The average molecular weight is 280 g/mol. The van der Waals surface area contributed by atoms with Gasteiger partial charge in [-0.05, 0) is 42.9 Å². The Morgan fingerprint density at radius 1 is 1.32 bits per heavy atom. The second-order valence-corrected chi connectivity index (χ2v) is 6.02. The van der Waals surface area contributed by atoms with Gasteiger partial charge in [0.2, 0.25) is 5.91 Å². The first-order valence-corrected chi connectivity index (χ1v) is 7.25. The summed E-state index contributed by atoms with van der Waals surface area (Å²) in [6.07, 6.45) is 2.30. The molecule has 1 aromatic carbocycles. The van der Waals surface area contributed by atoms with E-state index >= 15 is 0 Å². The zero-order valence-electron chi connectivity index (χ0n) is 10.8. The van der Waals surface area contributed by atoms with E-state index in [9.17, 15) is 9.90 Å². The van der Waals surface area contributed by atoms with Gasteiger partial charge in [-0.25, -0.2) is 0 Å². The van der Waals surface area contributed by atoms with Crippen LogP contribution >= 0.6 is 11.6 Å². The third-order valence-corrected chi connectivity index (χ3v) is 4.37. The van der Waals surface area contributed by atoms with Crippen molar-refractivity contribution in [1.82, 2.24) is 4.90 Å². The number of piperidine rings is 1. The Balaban J connectivity index is 1.62. The number of benzene rings is 1. The number of carbonyl (C=O) groups is 1. The Morgan fingerprint density at radius 3 is 2.74 bits per heavy atom. The molecule has 4 heteroatoms. The summed E-state index contributed by atoms with van der Waals surface area (Å²) in [7, 11) is 0. The first-order valence-electron chi connectivity index (χ1n) is 6.87. The Kier molecular flexibility index (Phi) is 3.50. The van der Waals surface area contributed by atoms with Crippen LogP contribution in [0, 0.1) is 5.92 Å². The van der Waals surface area contributed by atoms with Gasteiger partial charge in [-0.15, -0.1) is 0 Å². The molecule has 19 heavy (non-hydrogen) atoms. The predicted octanol–water partition coefficient (Wildman–Crippen LogP) is 2.43. The number of hydrogen-bond acceptors (Lipinski definition) is 2. The number of carbonyl (C=O) groups excluding carboxylic acids is 1. The van der Waals surface area contributed by atoms with Crippen molar-refractivity contribution < 1.29 is 9.90 Å². The second kappa shape index (κ2) is 5.14. The van der Waals surface area contributed by atoms with Gasteiger partial charge < -0.3 is 10.0 Å². The van der Waals surface area contributed by atoms with Crippen LogP contribution in [0.3, 0.4) is 0 Å². The zero-order valence-corrected chi connectivity index (χ0v) is 11.5. The molecule has 1 aliphatic heterocycles. The van der Waals surface area contributed by atoms with E-state index in [2.05, 4.69) is 0 Å². The highest BCUT2D eigenvalue weighted by Crippen LogP contribution is 2.48. The molecule has 3 rings (SSSR count). The summed E-state index contributed by atoms with van der Waals surface area (Å²) in [5.41, 5.74) is 1.19. The van der Waals surface area contributed by atoms with Crippen molar-refractivity contribution in [3.63, 3.8) is 0 Å². The molecule has 3 nitrogen and oxygen atoms in total. The number of aliphatic hydroxyl groups is 1. The van der Waals surface area contributed by atoms with Crippen molar-refractivity contribution in [2.75, 3.05) is 13.1 Å². The highest BCUT2D eigenvalue weighted by Gasteiger charge is 2.46. The molecular weight excluding hydrogens is 262 g/mol. The molecule has 1 saturated carbocycles. The van der Waals surface area contributed by atoms with Crippen LogP contribution in [0.1, 0.15) is 30.7 Å². The number of hydrogen-bond donors (Lipinski definition) is 1. The number of likely N-dealkylation sites (tertiary alicyclic amines) is 1. The number of amides is 1. The third kappa shape index (κ3) is 2.77. The van der Waals surface area contributed by atoms with Crippen molar-refractivity contribution in [1.29, 1.82) is 0 Å². The van der Waals surface area contributed by atoms with Gasteiger partial charge in [0.15, 0.2) is 0 Å². The molecule has 3 unspecified atom stereocenters. The second-order valence-electron chi connectivity index (χ2n) is 5.58. The van der Waals surface area contributed by atoms with Crippen LogP contribution in [0.2, 0.25) is 5.02 Å². The van der Waals surface area contributed by atoms with Gasteiger partial charge in [0.05, 0.1) is 6.10 Å². The van der Waals surface area contributed by atoms with Gasteiger partial charge in [0.25, 0.3) is 0 Å². The van der Waals surface area contributed by atoms with E-state index in [0.717, 1.165) is 30.8 Å². The SMILES string of the molecule is O=C(C1CC1c1ccc(Cl)cc1)N1CCCC(O)C1. The van der Waals surface area contributed by atoms with E-state index in [1.165, 1.54) is 5.56 Å². The van der Waals surface area contributed by atoms with Crippen LogP contribution in [-0.2, 0) is 4.79 Å². The predicted molar refractivity (Wildman–Crippen MR) is 74.1 cm³/mol. The number of rotatable bonds is 2. The summed E-state index contributed by atoms with van der Waals surface area (Å²) >= 11 is 5.87. The molecule has 3 atom stereocenters. The fourth-order valence-corrected chi connectivity index (χ4v) is 3.06. The molecule has 102 valence electrons. The Bertz CT molecular complexity index is 474. The Morgan fingerprint density at radius 2 is 2.05 bits per heavy atom. The summed E-state index contributed by atoms with van der Waals surface area (Å²) in [6, 6.07) is 7.76. The van der Waals surface area contributed by atoms with Gasteiger partial charge in [-0.3, -0.25) is 4.79 Å². The maximum atomic E-state index is 12.3. The molecule has 2 fully saturated rings. The maximum Gasteiger partial charge on any atom is 0.226 e. The first kappa shape index (κ1) is 12.9. The van der Waals surface area contributed by atoms with Crippen molar-refractivity contribution in [3.05, 3.63) is 34.9 Å². The van der Waals surface area contributed by atoms with E-state index in [4.69, 9.17) is 11.6 Å². The normalized spacial score (nSPS) is 30.2. The first-order chi connectivity index (χ1) is 9.15. The lowest BCUT2D eigenvalue weighted by Gasteiger charge is -2.30. The van der Waals surface area contributed by atoms with E-state index in [-0.39, 0.29) is 17.9 Å². The molecule has 1 amide bonds. The van der Waals surface area contributed by atoms with Gasteiger partial charge in [0, 0.05) is 24.0 Å². The summed E-state index contributed by atoms with van der Waals surface area (Å²) in [5.74, 6) is 0.647. The number of aliphatic hydroxyl groups excluding tert-OH is 1. The van der Waals surface area contributed by atoms with Gasteiger partial charge >= 0.3 is 0 Å². The molecule has 0 radical (unpaired) electrons. The van der Waals surface area contributed by atoms with Gasteiger partial charge in [-0.2, -0.15) is 0 Å². The summed E-state index contributed by atoms with van der Waals surface area (Å²) in [5, 5.41) is 10.4. The quantitative estimate of drug-likeness (QED) is 0.903. The summed E-state index contributed by atoms with van der Waals surface area (Å²) < 4.78 is 0. The van der Waals surface area contributed by atoms with Crippen LogP contribution < -0.4 is 0 Å². The topological polar surface area (TPSA) is 40.5 Å². The molecule has 1 N–H and O–H groups in total. The lowest BCUT2D eigenvalue weighted by atomic mass is 10.1. The van der Waals surface area contributed by atoms with Crippen LogP contribution in [0.5, 0.6) is 0 Å². The van der Waals surface area contributed by atoms with E-state index in [1.807, 2.05) is 29.2 Å². The minimum absolute atomic E-state index is 0.103. The monoisotopic (exact) mass is 279 g/mol. The van der Waals surface area contributed by atoms with Crippen molar-refractivity contribution in [3.8, 4) is 0 Å². The molecule has 0 bridgehead atoms. The molecule has 0 spiro atoms. The van der Waals surface area contributed by atoms with Crippen LogP contribution in [0.4, 0.5) is 0 Å². The minimum Gasteiger partial charge on any atom is -0.391 e. The highest BCUT2D eigenvalue weighted by atomic mass is 35.5. The van der Waals surface area contributed by atoms with Gasteiger partial charge in [-0.1, -0.05) is 23.7 Å². The molecule has 1 aromatic rings. The lowest BCUT2D eigenvalue weighted by molar-refractivity contribution is -0.135. The summed E-state index contributed by atoms with van der Waals surface area (Å²) in [6.45, 7) is 1.29. The molecule has 1 heterocycles. The van der Waals surface area contributed by atoms with E-state index < -0.39 is 0 Å². The maximum absolute atomic E-state index is 12.3. The molecule has 0 aromatic heterocycles. The molecule has 2 aliphatic rings. The summed E-state index contributed by atoms with van der Waals surface area (Å²) in [4.78, 5) is 14.2. The lowest BCUT2D eigenvalue weighted by Crippen LogP contribution is -2.43. The Hall–Kier alpha value is -1.06. The van der Waals surface area contributed by atoms with Gasteiger partial charge in [0.1, 0.15) is 0 Å². The van der Waals surface area contributed by atoms with Crippen LogP contribution in [-0.4, -0.2) is 35.1 Å². The van der Waals surface area contributed by atoms with Crippen LogP contribution in [0.25, 0.3) is 0 Å². The smallest absolute Gasteiger partial charge is 0.226 e. The largest absolute Gasteiger partial charge is 0.391 e. The van der Waals surface area contributed by atoms with E-state index in [0.29, 0.717) is 12.5 Å². The fraction of sp³-hybridized carbons (Fsp3) is 0.533. The average Bonchev–Trinajstić information content (AvgIpc) is 3.19. The third-order valence-electron chi connectivity index (χ3n) is 4.11. The van der Waals surface area contributed by atoms with Crippen molar-refractivity contribution >= 4 is 17.5 Å². The molecule has 1 saturated heterocycles. The standard InChI is InChI=1S/C15H18ClNO2/c16-11-5-3-10(4-6-11)13-8-14(13)15(19)17-7-1-2-12(18)9-17/h3-6,12-14,18H,1-2,7-9H2. The highest BCUT2D eigenvalue weighted by molar-refractivity contribution is 6.30. The number of nitrogens with zero attached hydrogens (tertiary/aromatic N) is 1. The number of β-amino-alcohol motifs (C(OH)–C–C–N with tert-alkyl or cyclic N) is 1. The molecular formula is C15H18ClNO2. The van der Waals surface area contributed by atoms with E-state index in [1.54, 1.807) is 0 Å². The van der Waals surface area contributed by atoms with Crippen molar-refractivity contribution in [2.24, 2.45) is 5.92 Å². The molecule has 1 aliphatic carbocycles. The minimum atomic E-state index is -0.342. The number of halogens is 1.